The van der Waals surface area contributed by atoms with E-state index in [1.807, 2.05) is 6.92 Å². The van der Waals surface area contributed by atoms with Crippen LogP contribution in [0.2, 0.25) is 0 Å². The molecule has 0 saturated carbocycles. The van der Waals surface area contributed by atoms with Crippen LogP contribution >= 0.6 is 0 Å². The highest BCUT2D eigenvalue weighted by atomic mass is 19.1. The molecule has 0 amide bonds. The van der Waals surface area contributed by atoms with E-state index in [0.29, 0.717) is 17.7 Å². The second-order valence-corrected chi connectivity index (χ2v) is 4.13. The molecule has 2 heteroatoms. The molecule has 70 valence electrons. The van der Waals surface area contributed by atoms with E-state index in [4.69, 9.17) is 0 Å². The van der Waals surface area contributed by atoms with E-state index in [2.05, 4.69) is 18.8 Å². The normalized spacial score (nSPS) is 35.4. The minimum atomic E-state index is -1.23. The Bertz CT molecular complexity index is 198. The van der Waals surface area contributed by atoms with Crippen molar-refractivity contribution in [2.45, 2.75) is 45.4 Å². The van der Waals surface area contributed by atoms with Crippen LogP contribution in [-0.4, -0.2) is 17.8 Å². The lowest BCUT2D eigenvalue weighted by Crippen LogP contribution is -2.33. The van der Waals surface area contributed by atoms with Gasteiger partial charge >= 0.3 is 0 Å². The van der Waals surface area contributed by atoms with Crippen molar-refractivity contribution in [2.24, 2.45) is 5.92 Å². The van der Waals surface area contributed by atoms with Gasteiger partial charge in [-0.3, -0.25) is 0 Å². The highest BCUT2D eigenvalue weighted by Crippen LogP contribution is 2.36. The standard InChI is InChI=1S/C10H18FN/c1-6(2)10(5,11)7(3)9-8(4)12-9/h7-9,12H,1H2,2-5H3. The summed E-state index contributed by atoms with van der Waals surface area (Å²) in [5.41, 5.74) is -0.613. The number of hydrogen-bond donors (Lipinski definition) is 1. The highest BCUT2D eigenvalue weighted by Gasteiger charge is 2.46. The summed E-state index contributed by atoms with van der Waals surface area (Å²) < 4.78 is 13.9. The zero-order valence-electron chi connectivity index (χ0n) is 8.32. The first-order chi connectivity index (χ1) is 5.37. The van der Waals surface area contributed by atoms with Gasteiger partial charge in [0.1, 0.15) is 5.67 Å². The predicted molar refractivity (Wildman–Crippen MR) is 49.9 cm³/mol. The second-order valence-electron chi connectivity index (χ2n) is 4.13. The van der Waals surface area contributed by atoms with Gasteiger partial charge in [-0.1, -0.05) is 13.5 Å². The fraction of sp³-hybridized carbons (Fsp3) is 0.800. The van der Waals surface area contributed by atoms with Gasteiger partial charge in [0.05, 0.1) is 0 Å². The van der Waals surface area contributed by atoms with Crippen LogP contribution in [0.25, 0.3) is 0 Å². The van der Waals surface area contributed by atoms with Crippen molar-refractivity contribution in [2.75, 3.05) is 0 Å². The molecule has 4 unspecified atom stereocenters. The van der Waals surface area contributed by atoms with Crippen LogP contribution in [-0.2, 0) is 0 Å². The molecule has 1 N–H and O–H groups in total. The minimum Gasteiger partial charge on any atom is -0.308 e. The fourth-order valence-corrected chi connectivity index (χ4v) is 1.55. The topological polar surface area (TPSA) is 21.9 Å². The summed E-state index contributed by atoms with van der Waals surface area (Å²) in [4.78, 5) is 0. The van der Waals surface area contributed by atoms with E-state index >= 15 is 0 Å². The zero-order valence-corrected chi connectivity index (χ0v) is 8.32. The molecule has 0 spiro atoms. The summed E-state index contributed by atoms with van der Waals surface area (Å²) in [5.74, 6) is 0.0185. The van der Waals surface area contributed by atoms with Crippen LogP contribution in [0.4, 0.5) is 4.39 Å². The van der Waals surface area contributed by atoms with E-state index in [1.165, 1.54) is 0 Å². The second kappa shape index (κ2) is 2.84. The van der Waals surface area contributed by atoms with Crippen LogP contribution in [0.1, 0.15) is 27.7 Å². The molecule has 4 atom stereocenters. The molecule has 0 radical (unpaired) electrons. The van der Waals surface area contributed by atoms with Crippen molar-refractivity contribution in [3.05, 3.63) is 12.2 Å². The molecule has 1 saturated heterocycles. The van der Waals surface area contributed by atoms with Crippen molar-refractivity contribution >= 4 is 0 Å². The zero-order chi connectivity index (χ0) is 9.52. The third kappa shape index (κ3) is 1.53. The maximum atomic E-state index is 13.9. The predicted octanol–water partition coefficient (Wildman–Crippen LogP) is 2.29. The van der Waals surface area contributed by atoms with Gasteiger partial charge in [0, 0.05) is 18.0 Å². The Kier molecular flexibility index (Phi) is 2.30. The molecule has 0 aromatic carbocycles. The van der Waals surface area contributed by atoms with Crippen LogP contribution in [0.3, 0.4) is 0 Å². The molecule has 12 heavy (non-hydrogen) atoms. The molecule has 0 aromatic rings. The number of halogens is 1. The van der Waals surface area contributed by atoms with E-state index in [0.717, 1.165) is 0 Å². The molecule has 1 aliphatic heterocycles. The first-order valence-corrected chi connectivity index (χ1v) is 4.48. The Morgan fingerprint density at radius 2 is 2.08 bits per heavy atom. The van der Waals surface area contributed by atoms with Crippen molar-refractivity contribution in [1.29, 1.82) is 0 Å². The van der Waals surface area contributed by atoms with Gasteiger partial charge in [-0.2, -0.15) is 0 Å². The summed E-state index contributed by atoms with van der Waals surface area (Å²) in [5, 5.41) is 3.21. The summed E-state index contributed by atoms with van der Waals surface area (Å²) in [6.07, 6.45) is 0. The van der Waals surface area contributed by atoms with E-state index < -0.39 is 5.67 Å². The average molecular weight is 171 g/mol. The molecule has 1 heterocycles. The molecule has 1 aliphatic rings. The summed E-state index contributed by atoms with van der Waals surface area (Å²) in [6.45, 7) is 11.1. The number of hydrogen-bond acceptors (Lipinski definition) is 1. The van der Waals surface area contributed by atoms with Crippen molar-refractivity contribution in [3.8, 4) is 0 Å². The molecular formula is C10H18FN. The van der Waals surface area contributed by atoms with Crippen molar-refractivity contribution in [3.63, 3.8) is 0 Å². The Morgan fingerprint density at radius 1 is 1.67 bits per heavy atom. The minimum absolute atomic E-state index is 0.0185. The lowest BCUT2D eigenvalue weighted by Gasteiger charge is -2.27. The SMILES string of the molecule is C=C(C)C(C)(F)C(C)C1NC1C. The molecule has 1 fully saturated rings. The lowest BCUT2D eigenvalue weighted by molar-refractivity contribution is 0.154. The van der Waals surface area contributed by atoms with Gasteiger partial charge < -0.3 is 5.32 Å². The van der Waals surface area contributed by atoms with Crippen LogP contribution < -0.4 is 5.32 Å². The van der Waals surface area contributed by atoms with Gasteiger partial charge in [-0.25, -0.2) is 4.39 Å². The van der Waals surface area contributed by atoms with Gasteiger partial charge in [-0.15, -0.1) is 0 Å². The maximum absolute atomic E-state index is 13.9. The molecule has 0 aliphatic carbocycles. The number of nitrogens with one attached hydrogen (secondary N) is 1. The van der Waals surface area contributed by atoms with Gasteiger partial charge in [0.2, 0.25) is 0 Å². The largest absolute Gasteiger partial charge is 0.308 e. The van der Waals surface area contributed by atoms with Crippen LogP contribution in [0, 0.1) is 5.92 Å². The molecule has 1 rings (SSSR count). The van der Waals surface area contributed by atoms with Gasteiger partial charge in [-0.05, 0) is 26.3 Å². The lowest BCUT2D eigenvalue weighted by atomic mass is 9.84. The first kappa shape index (κ1) is 9.72. The number of alkyl halides is 1. The quantitative estimate of drug-likeness (QED) is 0.510. The van der Waals surface area contributed by atoms with E-state index in [1.54, 1.807) is 13.8 Å². The monoisotopic (exact) mass is 171 g/mol. The Balaban J connectivity index is 2.62. The molecular weight excluding hydrogens is 153 g/mol. The Hall–Kier alpha value is -0.370. The van der Waals surface area contributed by atoms with Gasteiger partial charge in [0.15, 0.2) is 0 Å². The van der Waals surface area contributed by atoms with Crippen molar-refractivity contribution in [1.82, 2.24) is 5.32 Å². The van der Waals surface area contributed by atoms with Crippen LogP contribution in [0.5, 0.6) is 0 Å². The van der Waals surface area contributed by atoms with Crippen molar-refractivity contribution < 1.29 is 4.39 Å². The Morgan fingerprint density at radius 3 is 2.33 bits per heavy atom. The fourth-order valence-electron chi connectivity index (χ4n) is 1.55. The molecule has 0 bridgehead atoms. The molecule has 0 aromatic heterocycles. The van der Waals surface area contributed by atoms with E-state index in [-0.39, 0.29) is 5.92 Å². The number of allylic oxidation sites excluding steroid dienone is 1. The third-order valence-corrected chi connectivity index (χ3v) is 3.11. The number of rotatable bonds is 3. The van der Waals surface area contributed by atoms with E-state index in [9.17, 15) is 4.39 Å². The Labute approximate surface area is 74.0 Å². The first-order valence-electron chi connectivity index (χ1n) is 4.48. The average Bonchev–Trinajstić information content (AvgIpc) is 2.65. The summed E-state index contributed by atoms with van der Waals surface area (Å²) >= 11 is 0. The summed E-state index contributed by atoms with van der Waals surface area (Å²) in [6, 6.07) is 0.797. The van der Waals surface area contributed by atoms with Gasteiger partial charge in [0.25, 0.3) is 0 Å². The molecule has 1 nitrogen and oxygen atoms in total. The summed E-state index contributed by atoms with van der Waals surface area (Å²) in [7, 11) is 0. The smallest absolute Gasteiger partial charge is 0.132 e. The third-order valence-electron chi connectivity index (χ3n) is 3.11. The highest BCUT2D eigenvalue weighted by molar-refractivity contribution is 5.15. The maximum Gasteiger partial charge on any atom is 0.132 e. The van der Waals surface area contributed by atoms with Crippen LogP contribution in [0.15, 0.2) is 12.2 Å².